The third-order valence-corrected chi connectivity index (χ3v) is 4.71. The normalized spacial score (nSPS) is 11.1. The highest BCUT2D eigenvalue weighted by atomic mass is 32.1. The van der Waals surface area contributed by atoms with Crippen LogP contribution in [0, 0.1) is 0 Å². The molecule has 0 unspecified atom stereocenters. The third-order valence-electron chi connectivity index (χ3n) is 3.81. The van der Waals surface area contributed by atoms with Gasteiger partial charge in [-0.15, -0.1) is 11.3 Å². The van der Waals surface area contributed by atoms with Gasteiger partial charge in [0.05, 0.1) is 11.8 Å². The highest BCUT2D eigenvalue weighted by Gasteiger charge is 2.13. The molecule has 132 valence electrons. The molecule has 4 heterocycles. The van der Waals surface area contributed by atoms with E-state index < -0.39 is 11.6 Å². The average Bonchev–Trinajstić information content (AvgIpc) is 3.37. The van der Waals surface area contributed by atoms with Crippen LogP contribution in [0.15, 0.2) is 49.9 Å². The molecule has 0 bridgehead atoms. The van der Waals surface area contributed by atoms with Crippen LogP contribution in [0.2, 0.25) is 0 Å². The number of furan rings is 1. The summed E-state index contributed by atoms with van der Waals surface area (Å²) >= 11 is 1.26. The van der Waals surface area contributed by atoms with E-state index in [2.05, 4.69) is 20.5 Å². The summed E-state index contributed by atoms with van der Waals surface area (Å²) in [5.41, 5.74) is 0.414. The molecule has 0 saturated heterocycles. The lowest BCUT2D eigenvalue weighted by molar-refractivity contribution is 0.0947. The highest BCUT2D eigenvalue weighted by Crippen LogP contribution is 2.17. The summed E-state index contributed by atoms with van der Waals surface area (Å²) in [5, 5.41) is 11.0. The number of nitrogens with one attached hydrogen (secondary N) is 3. The van der Waals surface area contributed by atoms with Crippen LogP contribution in [-0.4, -0.2) is 32.2 Å². The minimum Gasteiger partial charge on any atom is -0.463 e. The number of aromatic nitrogens is 4. The minimum atomic E-state index is -0.505. The van der Waals surface area contributed by atoms with Crippen molar-refractivity contribution in [3.8, 4) is 11.5 Å². The van der Waals surface area contributed by atoms with E-state index >= 15 is 0 Å². The summed E-state index contributed by atoms with van der Waals surface area (Å²) in [6.07, 6.45) is 1.52. The zero-order chi connectivity index (χ0) is 18.1. The van der Waals surface area contributed by atoms with Gasteiger partial charge in [0.25, 0.3) is 11.5 Å². The van der Waals surface area contributed by atoms with Crippen LogP contribution < -0.4 is 16.6 Å². The van der Waals surface area contributed by atoms with Crippen LogP contribution in [0.5, 0.6) is 0 Å². The number of aromatic amines is 2. The Bertz CT molecular complexity index is 1180. The molecule has 0 fully saturated rings. The Morgan fingerprint density at radius 3 is 3.04 bits per heavy atom. The molecule has 0 aliphatic rings. The molecule has 0 radical (unpaired) electrons. The highest BCUT2D eigenvalue weighted by molar-refractivity contribution is 7.17. The molecule has 0 saturated carbocycles. The van der Waals surface area contributed by atoms with Gasteiger partial charge in [-0.3, -0.25) is 19.3 Å². The van der Waals surface area contributed by atoms with Crippen molar-refractivity contribution in [3.05, 3.63) is 62.4 Å². The van der Waals surface area contributed by atoms with E-state index in [1.165, 1.54) is 17.6 Å². The molecular formula is C16H13N5O4S. The van der Waals surface area contributed by atoms with Gasteiger partial charge in [0.2, 0.25) is 0 Å². The van der Waals surface area contributed by atoms with Crippen LogP contribution >= 0.6 is 11.3 Å². The Morgan fingerprint density at radius 1 is 1.35 bits per heavy atom. The number of amides is 1. The van der Waals surface area contributed by atoms with Crippen molar-refractivity contribution < 1.29 is 9.21 Å². The molecule has 0 spiro atoms. The number of carbonyl (C=O) groups is 1. The number of hydrogen-bond donors (Lipinski definition) is 3. The van der Waals surface area contributed by atoms with Crippen LogP contribution in [0.4, 0.5) is 0 Å². The Balaban J connectivity index is 1.44. The lowest BCUT2D eigenvalue weighted by Crippen LogP contribution is -2.38. The zero-order valence-electron chi connectivity index (χ0n) is 13.3. The zero-order valence-corrected chi connectivity index (χ0v) is 14.1. The summed E-state index contributed by atoms with van der Waals surface area (Å²) in [6, 6.07) is 6.72. The first-order valence-corrected chi connectivity index (χ1v) is 8.59. The monoisotopic (exact) mass is 371 g/mol. The topological polar surface area (TPSA) is 126 Å². The smallest absolute Gasteiger partial charge is 0.328 e. The van der Waals surface area contributed by atoms with Crippen LogP contribution in [0.25, 0.3) is 21.7 Å². The third kappa shape index (κ3) is 2.86. The SMILES string of the molecule is O=C(NCCn1c(=O)[nH]c2ccsc2c1=O)c1cc(-c2ccco2)[nH]n1. The molecular weight excluding hydrogens is 358 g/mol. The van der Waals surface area contributed by atoms with E-state index in [1.54, 1.807) is 29.6 Å². The molecule has 0 aliphatic heterocycles. The Labute approximate surface area is 149 Å². The molecule has 1 amide bonds. The van der Waals surface area contributed by atoms with Crippen molar-refractivity contribution in [3.63, 3.8) is 0 Å². The predicted molar refractivity (Wildman–Crippen MR) is 95.3 cm³/mol. The van der Waals surface area contributed by atoms with Gasteiger partial charge >= 0.3 is 5.69 Å². The van der Waals surface area contributed by atoms with E-state index in [9.17, 15) is 14.4 Å². The average molecular weight is 371 g/mol. The van der Waals surface area contributed by atoms with Crippen molar-refractivity contribution in [2.75, 3.05) is 6.54 Å². The molecule has 4 aromatic rings. The van der Waals surface area contributed by atoms with Crippen molar-refractivity contribution in [2.45, 2.75) is 6.54 Å². The van der Waals surface area contributed by atoms with Gasteiger partial charge in [0, 0.05) is 19.2 Å². The van der Waals surface area contributed by atoms with Gasteiger partial charge in [-0.1, -0.05) is 0 Å². The summed E-state index contributed by atoms with van der Waals surface area (Å²) in [6.45, 7) is 0.171. The van der Waals surface area contributed by atoms with E-state index in [4.69, 9.17) is 4.42 Å². The van der Waals surface area contributed by atoms with Crippen LogP contribution in [-0.2, 0) is 6.54 Å². The fourth-order valence-corrected chi connectivity index (χ4v) is 3.34. The lowest BCUT2D eigenvalue weighted by Gasteiger charge is -2.05. The van der Waals surface area contributed by atoms with Gasteiger partial charge < -0.3 is 14.7 Å². The number of hydrogen-bond acceptors (Lipinski definition) is 6. The maximum Gasteiger partial charge on any atom is 0.328 e. The number of H-pyrrole nitrogens is 2. The summed E-state index contributed by atoms with van der Waals surface area (Å²) in [7, 11) is 0. The van der Waals surface area contributed by atoms with Crippen molar-refractivity contribution in [1.82, 2.24) is 25.1 Å². The fraction of sp³-hybridized carbons (Fsp3) is 0.125. The van der Waals surface area contributed by atoms with E-state index in [1.807, 2.05) is 0 Å². The molecule has 10 heteroatoms. The quantitative estimate of drug-likeness (QED) is 0.485. The fourth-order valence-electron chi connectivity index (χ4n) is 2.54. The van der Waals surface area contributed by atoms with E-state index in [0.29, 0.717) is 21.7 Å². The summed E-state index contributed by atoms with van der Waals surface area (Å²) < 4.78 is 6.77. The number of fused-ring (bicyclic) bond motifs is 1. The number of rotatable bonds is 5. The molecule has 26 heavy (non-hydrogen) atoms. The molecule has 0 atom stereocenters. The molecule has 3 N–H and O–H groups in total. The van der Waals surface area contributed by atoms with Gasteiger partial charge in [-0.2, -0.15) is 5.10 Å². The number of carbonyl (C=O) groups excluding carboxylic acids is 1. The van der Waals surface area contributed by atoms with E-state index in [-0.39, 0.29) is 24.3 Å². The molecule has 0 aromatic carbocycles. The number of thiophene rings is 1. The Kier molecular flexibility index (Phi) is 4.01. The van der Waals surface area contributed by atoms with Crippen LogP contribution in [0.1, 0.15) is 10.5 Å². The number of nitrogens with zero attached hydrogens (tertiary/aromatic N) is 2. The first-order valence-electron chi connectivity index (χ1n) is 7.71. The van der Waals surface area contributed by atoms with Crippen molar-refractivity contribution in [2.24, 2.45) is 0 Å². The van der Waals surface area contributed by atoms with Gasteiger partial charge in [0.1, 0.15) is 10.4 Å². The van der Waals surface area contributed by atoms with E-state index in [0.717, 1.165) is 4.57 Å². The lowest BCUT2D eigenvalue weighted by atomic mass is 10.3. The standard InChI is InChI=1S/C16H13N5O4S/c22-14(11-8-10(19-20-11)12-2-1-6-25-12)17-4-5-21-15(23)13-9(3-7-26-13)18-16(21)24/h1-3,6-8H,4-5H2,(H,17,22)(H,18,24)(H,19,20). The minimum absolute atomic E-state index is 0.0587. The predicted octanol–water partition coefficient (Wildman–Crippen LogP) is 1.16. The Hall–Kier alpha value is -3.40. The van der Waals surface area contributed by atoms with Crippen LogP contribution in [0.3, 0.4) is 0 Å². The second-order valence-electron chi connectivity index (χ2n) is 5.45. The van der Waals surface area contributed by atoms with Gasteiger partial charge in [0.15, 0.2) is 11.5 Å². The maximum absolute atomic E-state index is 12.3. The molecule has 4 rings (SSSR count). The van der Waals surface area contributed by atoms with Crippen molar-refractivity contribution >= 4 is 27.5 Å². The first-order chi connectivity index (χ1) is 12.6. The summed E-state index contributed by atoms with van der Waals surface area (Å²) in [5.74, 6) is 0.152. The van der Waals surface area contributed by atoms with Crippen molar-refractivity contribution in [1.29, 1.82) is 0 Å². The first kappa shape index (κ1) is 16.1. The molecule has 0 aliphatic carbocycles. The Morgan fingerprint density at radius 2 is 2.23 bits per heavy atom. The second-order valence-corrected chi connectivity index (χ2v) is 6.37. The maximum atomic E-state index is 12.3. The van der Waals surface area contributed by atoms with Gasteiger partial charge in [-0.05, 0) is 23.6 Å². The van der Waals surface area contributed by atoms with Gasteiger partial charge in [-0.25, -0.2) is 4.79 Å². The molecule has 4 aromatic heterocycles. The second kappa shape index (κ2) is 6.48. The molecule has 9 nitrogen and oxygen atoms in total. The summed E-state index contributed by atoms with van der Waals surface area (Å²) in [4.78, 5) is 39.1. The largest absolute Gasteiger partial charge is 0.463 e.